The lowest BCUT2D eigenvalue weighted by Crippen LogP contribution is -2.51. The molecule has 3 aliphatic rings. The summed E-state index contributed by atoms with van der Waals surface area (Å²) in [5, 5.41) is 12.6. The van der Waals surface area contributed by atoms with Crippen LogP contribution in [-0.4, -0.2) is 72.5 Å². The van der Waals surface area contributed by atoms with Gasteiger partial charge in [0.05, 0.1) is 18.4 Å². The van der Waals surface area contributed by atoms with Crippen LogP contribution in [0, 0.1) is 0 Å². The van der Waals surface area contributed by atoms with E-state index in [0.717, 1.165) is 50.5 Å². The summed E-state index contributed by atoms with van der Waals surface area (Å²) < 4.78 is 5.54. The number of piperidine rings is 1. The van der Waals surface area contributed by atoms with E-state index in [9.17, 15) is 9.90 Å². The minimum atomic E-state index is -0.283. The molecule has 1 amide bonds. The first-order chi connectivity index (χ1) is 12.6. The third kappa shape index (κ3) is 3.76. The molecule has 142 valence electrons. The summed E-state index contributed by atoms with van der Waals surface area (Å²) in [6.07, 6.45) is 2.55. The maximum absolute atomic E-state index is 11.3. The molecule has 2 N–H and O–H groups in total. The summed E-state index contributed by atoms with van der Waals surface area (Å²) in [4.78, 5) is 25.1. The number of nitrogens with one attached hydrogen (secondary N) is 1. The van der Waals surface area contributed by atoms with Crippen molar-refractivity contribution in [2.45, 2.75) is 44.2 Å². The number of carbonyl (C=O) groups is 1. The summed E-state index contributed by atoms with van der Waals surface area (Å²) in [5.41, 5.74) is 1.04. The molecule has 4 rings (SSSR count). The van der Waals surface area contributed by atoms with Gasteiger partial charge in [-0.15, -0.1) is 0 Å². The average molecular weight is 361 g/mol. The van der Waals surface area contributed by atoms with E-state index in [0.29, 0.717) is 31.6 Å². The molecule has 8 nitrogen and oxygen atoms in total. The van der Waals surface area contributed by atoms with Crippen molar-refractivity contribution < 1.29 is 14.6 Å². The van der Waals surface area contributed by atoms with E-state index in [1.807, 2.05) is 4.90 Å². The Bertz CT molecular complexity index is 650. The van der Waals surface area contributed by atoms with E-state index >= 15 is 0 Å². The number of hydrogen-bond acceptors (Lipinski definition) is 7. The Balaban J connectivity index is 1.52. The van der Waals surface area contributed by atoms with Crippen LogP contribution < -0.4 is 15.1 Å². The first kappa shape index (κ1) is 17.5. The molecule has 0 aliphatic carbocycles. The third-order valence-corrected chi connectivity index (χ3v) is 5.44. The zero-order valence-electron chi connectivity index (χ0n) is 15.2. The van der Waals surface area contributed by atoms with Gasteiger partial charge in [-0.25, -0.2) is 4.98 Å². The molecule has 3 saturated heterocycles. The minimum Gasteiger partial charge on any atom is -0.389 e. The molecule has 4 heterocycles. The number of aromatic nitrogens is 2. The zero-order chi connectivity index (χ0) is 18.1. The molecule has 0 saturated carbocycles. The lowest BCUT2D eigenvalue weighted by molar-refractivity contribution is -0.119. The van der Waals surface area contributed by atoms with Gasteiger partial charge in [-0.1, -0.05) is 0 Å². The topological polar surface area (TPSA) is 90.8 Å². The van der Waals surface area contributed by atoms with Gasteiger partial charge in [-0.05, 0) is 19.3 Å². The Morgan fingerprint density at radius 3 is 2.62 bits per heavy atom. The highest BCUT2D eigenvalue weighted by Crippen LogP contribution is 2.30. The monoisotopic (exact) mass is 361 g/mol. The van der Waals surface area contributed by atoms with Crippen LogP contribution in [0.4, 0.5) is 11.8 Å². The van der Waals surface area contributed by atoms with E-state index in [1.165, 1.54) is 0 Å². The molecule has 8 heteroatoms. The molecule has 0 bridgehead atoms. The van der Waals surface area contributed by atoms with Crippen LogP contribution in [0.5, 0.6) is 0 Å². The number of ether oxygens (including phenoxy) is 1. The number of β-amino-alcohol motifs (C(OH)–C–C–N with tert-alkyl or cyclic N) is 1. The first-order valence-electron chi connectivity index (χ1n) is 9.50. The Morgan fingerprint density at radius 2 is 2.00 bits per heavy atom. The van der Waals surface area contributed by atoms with E-state index in [4.69, 9.17) is 14.7 Å². The van der Waals surface area contributed by atoms with Crippen molar-refractivity contribution >= 4 is 17.7 Å². The second-order valence-corrected chi connectivity index (χ2v) is 7.53. The Kier molecular flexibility index (Phi) is 4.95. The number of aliphatic hydroxyl groups excluding tert-OH is 1. The van der Waals surface area contributed by atoms with Crippen LogP contribution in [0.2, 0.25) is 0 Å². The molecule has 0 radical (unpaired) electrons. The van der Waals surface area contributed by atoms with E-state index in [1.54, 1.807) is 6.92 Å². The molecule has 0 aromatic carbocycles. The molecular formula is C18H27N5O3. The quantitative estimate of drug-likeness (QED) is 0.795. The minimum absolute atomic E-state index is 0.0348. The van der Waals surface area contributed by atoms with Crippen molar-refractivity contribution in [3.63, 3.8) is 0 Å². The number of aliphatic hydroxyl groups is 1. The van der Waals surface area contributed by atoms with Crippen LogP contribution in [-0.2, 0) is 9.53 Å². The zero-order valence-corrected chi connectivity index (χ0v) is 15.2. The van der Waals surface area contributed by atoms with E-state index in [2.05, 4.69) is 16.3 Å². The third-order valence-electron chi connectivity index (χ3n) is 5.44. The lowest BCUT2D eigenvalue weighted by Gasteiger charge is -2.37. The lowest BCUT2D eigenvalue weighted by atomic mass is 10.0. The van der Waals surface area contributed by atoms with Crippen LogP contribution in [0.25, 0.3) is 0 Å². The summed E-state index contributed by atoms with van der Waals surface area (Å²) >= 11 is 0. The van der Waals surface area contributed by atoms with Crippen molar-refractivity contribution in [2.24, 2.45) is 0 Å². The summed E-state index contributed by atoms with van der Waals surface area (Å²) in [5.74, 6) is 2.00. The number of carbonyl (C=O) groups excluding carboxylic acids is 1. The van der Waals surface area contributed by atoms with Gasteiger partial charge in [0.1, 0.15) is 5.82 Å². The standard InChI is InChI=1S/C18H27N5O3/c1-12(24)19-14-2-5-22(6-3-14)17-8-16(13-4-7-26-11-13)20-18(21-17)23-9-15(25)10-23/h8,13-15,25H,2-7,9-11H2,1H3,(H,19,24)/t13-/m1/s1. The van der Waals surface area contributed by atoms with E-state index in [-0.39, 0.29) is 18.1 Å². The molecule has 0 unspecified atom stereocenters. The van der Waals surface area contributed by atoms with E-state index < -0.39 is 0 Å². The van der Waals surface area contributed by atoms with Gasteiger partial charge in [-0.2, -0.15) is 4.98 Å². The first-order valence-corrected chi connectivity index (χ1v) is 9.50. The molecule has 1 atom stereocenters. The maximum atomic E-state index is 11.3. The molecule has 3 fully saturated rings. The fraction of sp³-hybridized carbons (Fsp3) is 0.722. The second kappa shape index (κ2) is 7.36. The normalized spacial score (nSPS) is 24.6. The Labute approximate surface area is 153 Å². The highest BCUT2D eigenvalue weighted by atomic mass is 16.5. The molecule has 26 heavy (non-hydrogen) atoms. The van der Waals surface area contributed by atoms with Crippen molar-refractivity contribution in [1.29, 1.82) is 0 Å². The Hall–Kier alpha value is -1.93. The van der Waals surface area contributed by atoms with Gasteiger partial charge in [0, 0.05) is 57.7 Å². The van der Waals surface area contributed by atoms with Crippen LogP contribution in [0.15, 0.2) is 6.07 Å². The highest BCUT2D eigenvalue weighted by Gasteiger charge is 2.30. The van der Waals surface area contributed by atoms with Gasteiger partial charge < -0.3 is 25.0 Å². The number of rotatable bonds is 4. The molecule has 1 aromatic heterocycles. The smallest absolute Gasteiger partial charge is 0.227 e. The van der Waals surface area contributed by atoms with Crippen molar-refractivity contribution in [3.05, 3.63) is 11.8 Å². The maximum Gasteiger partial charge on any atom is 0.227 e. The number of hydrogen-bond donors (Lipinski definition) is 2. The molecule has 0 spiro atoms. The number of nitrogens with zero attached hydrogens (tertiary/aromatic N) is 4. The van der Waals surface area contributed by atoms with Gasteiger partial charge in [0.2, 0.25) is 11.9 Å². The van der Waals surface area contributed by atoms with Crippen LogP contribution >= 0.6 is 0 Å². The molecular weight excluding hydrogens is 334 g/mol. The number of amides is 1. The van der Waals surface area contributed by atoms with Gasteiger partial charge >= 0.3 is 0 Å². The second-order valence-electron chi connectivity index (χ2n) is 7.53. The van der Waals surface area contributed by atoms with Gasteiger partial charge in [-0.3, -0.25) is 4.79 Å². The van der Waals surface area contributed by atoms with Gasteiger partial charge in [0.15, 0.2) is 0 Å². The SMILES string of the molecule is CC(=O)NC1CCN(c2cc([C@@H]3CCOC3)nc(N3CC(O)C3)n2)CC1. The Morgan fingerprint density at radius 1 is 1.23 bits per heavy atom. The highest BCUT2D eigenvalue weighted by molar-refractivity contribution is 5.73. The fourth-order valence-corrected chi connectivity index (χ4v) is 3.88. The van der Waals surface area contributed by atoms with Crippen molar-refractivity contribution in [2.75, 3.05) is 49.2 Å². The van der Waals surface area contributed by atoms with Crippen molar-refractivity contribution in [3.8, 4) is 0 Å². The largest absolute Gasteiger partial charge is 0.389 e. The predicted octanol–water partition coefficient (Wildman–Crippen LogP) is 0.266. The van der Waals surface area contributed by atoms with Crippen LogP contribution in [0.1, 0.15) is 37.8 Å². The fourth-order valence-electron chi connectivity index (χ4n) is 3.88. The number of anilines is 2. The average Bonchev–Trinajstić information content (AvgIpc) is 3.13. The summed E-state index contributed by atoms with van der Waals surface area (Å²) in [6, 6.07) is 2.34. The summed E-state index contributed by atoms with van der Waals surface area (Å²) in [7, 11) is 0. The van der Waals surface area contributed by atoms with Gasteiger partial charge in [0.25, 0.3) is 0 Å². The molecule has 1 aromatic rings. The predicted molar refractivity (Wildman–Crippen MR) is 97.5 cm³/mol. The van der Waals surface area contributed by atoms with Crippen LogP contribution in [0.3, 0.4) is 0 Å². The molecule has 3 aliphatic heterocycles. The van der Waals surface area contributed by atoms with Crippen molar-refractivity contribution in [1.82, 2.24) is 15.3 Å². The summed E-state index contributed by atoms with van der Waals surface area (Å²) in [6.45, 7) is 5.98.